The van der Waals surface area contributed by atoms with Gasteiger partial charge in [0, 0.05) is 56.1 Å². The van der Waals surface area contributed by atoms with Crippen molar-refractivity contribution in [2.45, 2.75) is 51.1 Å². The lowest BCUT2D eigenvalue weighted by molar-refractivity contribution is -0.133. The van der Waals surface area contributed by atoms with Crippen LogP contribution in [0.4, 0.5) is 0 Å². The Labute approximate surface area is 195 Å². The van der Waals surface area contributed by atoms with Crippen LogP contribution in [-0.2, 0) is 22.6 Å². The lowest BCUT2D eigenvalue weighted by Crippen LogP contribution is -2.49. The number of carbonyl (C=O) groups is 2. The summed E-state index contributed by atoms with van der Waals surface area (Å²) < 4.78 is 0. The van der Waals surface area contributed by atoms with E-state index in [0.717, 1.165) is 50.6 Å². The second-order valence-corrected chi connectivity index (χ2v) is 9.71. The molecule has 2 aromatic rings. The minimum atomic E-state index is -0.309. The average molecular weight is 454 g/mol. The van der Waals surface area contributed by atoms with Gasteiger partial charge in [0.15, 0.2) is 0 Å². The molecule has 2 aliphatic rings. The summed E-state index contributed by atoms with van der Waals surface area (Å²) in [6, 6.07) is 16.4. The van der Waals surface area contributed by atoms with Gasteiger partial charge in [-0.3, -0.25) is 14.5 Å². The van der Waals surface area contributed by atoms with Gasteiger partial charge in [-0.25, -0.2) is 0 Å². The highest BCUT2D eigenvalue weighted by Crippen LogP contribution is 2.30. The molecule has 6 heteroatoms. The maximum atomic E-state index is 13.0. The van der Waals surface area contributed by atoms with Gasteiger partial charge < -0.3 is 10.2 Å². The molecule has 0 unspecified atom stereocenters. The first-order valence-corrected chi connectivity index (χ1v) is 11.9. The first kappa shape index (κ1) is 22.8. The van der Waals surface area contributed by atoms with E-state index in [1.807, 2.05) is 23.1 Å². The van der Waals surface area contributed by atoms with E-state index in [9.17, 15) is 9.59 Å². The standard InChI is InChI=1S/C26H32ClN3O2/c1-20-5-7-21(8-6-20)18-26(11-9-24(31)28-26)12-10-25(32)30-15-13-29(14-16-30)19-22-3-2-4-23(27)17-22/h2-8,17H,9-16,18-19H2,1H3,(H,28,31)/t26-/m1/s1. The predicted molar refractivity (Wildman–Crippen MR) is 128 cm³/mol. The monoisotopic (exact) mass is 453 g/mol. The Morgan fingerprint density at radius 2 is 1.81 bits per heavy atom. The minimum absolute atomic E-state index is 0.0965. The number of piperazine rings is 1. The zero-order chi connectivity index (χ0) is 22.6. The summed E-state index contributed by atoms with van der Waals surface area (Å²) in [6.07, 6.45) is 3.27. The third-order valence-electron chi connectivity index (χ3n) is 6.74. The van der Waals surface area contributed by atoms with Gasteiger partial charge in [0.2, 0.25) is 11.8 Å². The number of carbonyl (C=O) groups excluding carboxylic acids is 2. The largest absolute Gasteiger partial charge is 0.350 e. The van der Waals surface area contributed by atoms with Crippen LogP contribution in [0.2, 0.25) is 5.02 Å². The number of benzene rings is 2. The molecule has 0 spiro atoms. The summed E-state index contributed by atoms with van der Waals surface area (Å²) in [5.41, 5.74) is 3.33. The lowest BCUT2D eigenvalue weighted by Gasteiger charge is -2.36. The van der Waals surface area contributed by atoms with E-state index in [4.69, 9.17) is 11.6 Å². The summed E-state index contributed by atoms with van der Waals surface area (Å²) >= 11 is 6.10. The van der Waals surface area contributed by atoms with Gasteiger partial charge in [0.1, 0.15) is 0 Å². The third-order valence-corrected chi connectivity index (χ3v) is 6.97. The molecule has 4 rings (SSSR count). The van der Waals surface area contributed by atoms with Crippen molar-refractivity contribution in [1.82, 2.24) is 15.1 Å². The molecule has 2 aliphatic heterocycles. The summed E-state index contributed by atoms with van der Waals surface area (Å²) in [4.78, 5) is 29.3. The summed E-state index contributed by atoms with van der Waals surface area (Å²) in [5, 5.41) is 3.96. The van der Waals surface area contributed by atoms with E-state index in [2.05, 4.69) is 47.5 Å². The van der Waals surface area contributed by atoms with E-state index in [1.165, 1.54) is 16.7 Å². The predicted octanol–water partition coefficient (Wildman–Crippen LogP) is 3.96. The lowest BCUT2D eigenvalue weighted by atomic mass is 9.84. The van der Waals surface area contributed by atoms with E-state index < -0.39 is 0 Å². The van der Waals surface area contributed by atoms with Crippen LogP contribution in [0, 0.1) is 6.92 Å². The zero-order valence-corrected chi connectivity index (χ0v) is 19.5. The van der Waals surface area contributed by atoms with Crippen LogP contribution >= 0.6 is 11.6 Å². The van der Waals surface area contributed by atoms with E-state index in [1.54, 1.807) is 0 Å². The van der Waals surface area contributed by atoms with Crippen LogP contribution in [0.15, 0.2) is 48.5 Å². The van der Waals surface area contributed by atoms with Gasteiger partial charge in [0.05, 0.1) is 0 Å². The molecule has 0 saturated carbocycles. The normalized spacial score (nSPS) is 21.6. The van der Waals surface area contributed by atoms with Crippen molar-refractivity contribution in [3.63, 3.8) is 0 Å². The molecule has 2 amide bonds. The molecule has 0 aliphatic carbocycles. The average Bonchev–Trinajstić information content (AvgIpc) is 3.15. The van der Waals surface area contributed by atoms with Crippen LogP contribution in [-0.4, -0.2) is 53.3 Å². The van der Waals surface area contributed by atoms with Gasteiger partial charge in [-0.05, 0) is 49.4 Å². The highest BCUT2D eigenvalue weighted by atomic mass is 35.5. The zero-order valence-electron chi connectivity index (χ0n) is 18.8. The molecular weight excluding hydrogens is 422 g/mol. The van der Waals surface area contributed by atoms with Crippen molar-refractivity contribution < 1.29 is 9.59 Å². The SMILES string of the molecule is Cc1ccc(C[C@]2(CCC(=O)N3CCN(Cc4cccc(Cl)c4)CC3)CCC(=O)N2)cc1. The third kappa shape index (κ3) is 5.90. The summed E-state index contributed by atoms with van der Waals surface area (Å²) in [5.74, 6) is 0.288. The Kier molecular flexibility index (Phi) is 7.17. The van der Waals surface area contributed by atoms with Crippen LogP contribution < -0.4 is 5.32 Å². The Morgan fingerprint density at radius 1 is 1.06 bits per heavy atom. The van der Waals surface area contributed by atoms with Crippen molar-refractivity contribution in [3.8, 4) is 0 Å². The fourth-order valence-electron chi connectivity index (χ4n) is 4.83. The first-order valence-electron chi connectivity index (χ1n) is 11.5. The maximum Gasteiger partial charge on any atom is 0.222 e. The van der Waals surface area contributed by atoms with Crippen LogP contribution in [0.1, 0.15) is 42.4 Å². The van der Waals surface area contributed by atoms with Crippen molar-refractivity contribution >= 4 is 23.4 Å². The number of hydrogen-bond donors (Lipinski definition) is 1. The van der Waals surface area contributed by atoms with E-state index in [0.29, 0.717) is 19.3 Å². The Bertz CT molecular complexity index is 954. The molecule has 0 radical (unpaired) electrons. The molecule has 2 saturated heterocycles. The van der Waals surface area contributed by atoms with Crippen molar-refractivity contribution in [1.29, 1.82) is 0 Å². The second-order valence-electron chi connectivity index (χ2n) is 9.28. The number of nitrogens with zero attached hydrogens (tertiary/aromatic N) is 2. The Morgan fingerprint density at radius 3 is 2.47 bits per heavy atom. The minimum Gasteiger partial charge on any atom is -0.350 e. The molecule has 2 aromatic carbocycles. The number of aryl methyl sites for hydroxylation is 1. The van der Waals surface area contributed by atoms with Crippen LogP contribution in [0.5, 0.6) is 0 Å². The summed E-state index contributed by atoms with van der Waals surface area (Å²) in [6.45, 7) is 6.15. The molecule has 170 valence electrons. The fraction of sp³-hybridized carbons (Fsp3) is 0.462. The second kappa shape index (κ2) is 10.1. The van der Waals surface area contributed by atoms with Crippen molar-refractivity contribution in [3.05, 3.63) is 70.2 Å². The molecule has 1 atom stereocenters. The van der Waals surface area contributed by atoms with Gasteiger partial charge >= 0.3 is 0 Å². The first-order chi connectivity index (χ1) is 15.4. The molecule has 0 bridgehead atoms. The van der Waals surface area contributed by atoms with Crippen molar-refractivity contribution in [2.24, 2.45) is 0 Å². The van der Waals surface area contributed by atoms with Crippen LogP contribution in [0.25, 0.3) is 0 Å². The molecule has 2 heterocycles. The highest BCUT2D eigenvalue weighted by Gasteiger charge is 2.38. The van der Waals surface area contributed by atoms with Gasteiger partial charge in [-0.2, -0.15) is 0 Å². The maximum absolute atomic E-state index is 13.0. The number of nitrogens with one attached hydrogen (secondary N) is 1. The van der Waals surface area contributed by atoms with Crippen LogP contribution in [0.3, 0.4) is 0 Å². The number of halogens is 1. The van der Waals surface area contributed by atoms with Gasteiger partial charge in [-0.1, -0.05) is 53.6 Å². The molecule has 2 fully saturated rings. The topological polar surface area (TPSA) is 52.7 Å². The highest BCUT2D eigenvalue weighted by molar-refractivity contribution is 6.30. The van der Waals surface area contributed by atoms with Gasteiger partial charge in [-0.15, -0.1) is 0 Å². The molecule has 5 nitrogen and oxygen atoms in total. The Balaban J connectivity index is 1.29. The smallest absolute Gasteiger partial charge is 0.222 e. The molecule has 0 aromatic heterocycles. The number of hydrogen-bond acceptors (Lipinski definition) is 3. The van der Waals surface area contributed by atoms with E-state index in [-0.39, 0.29) is 17.4 Å². The van der Waals surface area contributed by atoms with Gasteiger partial charge in [0.25, 0.3) is 0 Å². The quantitative estimate of drug-likeness (QED) is 0.690. The number of amides is 2. The number of rotatable bonds is 7. The molecule has 1 N–H and O–H groups in total. The molecular formula is C26H32ClN3O2. The molecule has 32 heavy (non-hydrogen) atoms. The summed E-state index contributed by atoms with van der Waals surface area (Å²) in [7, 11) is 0. The van der Waals surface area contributed by atoms with E-state index >= 15 is 0 Å². The Hall–Kier alpha value is -2.37. The van der Waals surface area contributed by atoms with Crippen molar-refractivity contribution in [2.75, 3.05) is 26.2 Å². The fourth-order valence-corrected chi connectivity index (χ4v) is 5.04.